The van der Waals surface area contributed by atoms with E-state index in [0.29, 0.717) is 30.0 Å². The van der Waals surface area contributed by atoms with Crippen molar-refractivity contribution in [2.75, 3.05) is 26.6 Å². The summed E-state index contributed by atoms with van der Waals surface area (Å²) in [6.45, 7) is 2.11. The monoisotopic (exact) mass is 407 g/mol. The Morgan fingerprint density at radius 2 is 1.96 bits per heavy atom. The van der Waals surface area contributed by atoms with Gasteiger partial charge in [0.2, 0.25) is 6.79 Å². The largest absolute Gasteiger partial charge is 0.457 e. The third kappa shape index (κ3) is 3.26. The third-order valence-electron chi connectivity index (χ3n) is 4.85. The van der Waals surface area contributed by atoms with E-state index in [1.165, 1.54) is 6.26 Å². The molecule has 2 aliphatic rings. The first-order chi connectivity index (χ1) is 12.2. The number of furan rings is 1. The van der Waals surface area contributed by atoms with Gasteiger partial charge in [0, 0.05) is 31.2 Å². The highest BCUT2D eigenvalue weighted by atomic mass is 79.9. The number of rotatable bonds is 4. The third-order valence-corrected chi connectivity index (χ3v) is 5.27. The molecule has 1 saturated heterocycles. The number of benzene rings is 1. The Bertz CT molecular complexity index is 782. The second-order valence-corrected chi connectivity index (χ2v) is 7.06. The normalized spacial score (nSPS) is 18.1. The van der Waals surface area contributed by atoms with Crippen LogP contribution in [-0.2, 0) is 10.2 Å². The Labute approximate surface area is 153 Å². The van der Waals surface area contributed by atoms with E-state index in [1.54, 1.807) is 6.07 Å². The van der Waals surface area contributed by atoms with Crippen LogP contribution in [0.15, 0.2) is 39.6 Å². The Kier molecular flexibility index (Phi) is 4.43. The van der Waals surface area contributed by atoms with Crippen molar-refractivity contribution in [2.24, 2.45) is 0 Å². The van der Waals surface area contributed by atoms with Crippen molar-refractivity contribution < 1.29 is 23.4 Å². The van der Waals surface area contributed by atoms with Gasteiger partial charge in [0.25, 0.3) is 5.91 Å². The number of ether oxygens (including phenoxy) is 3. The first-order valence-corrected chi connectivity index (χ1v) is 8.96. The predicted molar refractivity (Wildman–Crippen MR) is 93.0 cm³/mol. The molecule has 1 N–H and O–H groups in total. The van der Waals surface area contributed by atoms with Gasteiger partial charge in [0.1, 0.15) is 6.26 Å². The molecular weight excluding hydrogens is 390 g/mol. The molecule has 0 saturated carbocycles. The van der Waals surface area contributed by atoms with Crippen LogP contribution in [0.25, 0.3) is 0 Å². The second-order valence-electron chi connectivity index (χ2n) is 6.28. The summed E-state index contributed by atoms with van der Waals surface area (Å²) in [5.41, 5.74) is 1.45. The average molecular weight is 408 g/mol. The molecule has 1 aromatic heterocycles. The first kappa shape index (κ1) is 16.5. The SMILES string of the molecule is O=C(NCC1(c2ccc3c(c2)OCO3)CCOCC1)c1coc(Br)c1. The summed E-state index contributed by atoms with van der Waals surface area (Å²) in [6.07, 6.45) is 3.11. The quantitative estimate of drug-likeness (QED) is 0.841. The van der Waals surface area contributed by atoms with Gasteiger partial charge < -0.3 is 23.9 Å². The van der Waals surface area contributed by atoms with Crippen LogP contribution in [0.4, 0.5) is 0 Å². The summed E-state index contributed by atoms with van der Waals surface area (Å²) in [4.78, 5) is 12.4. The second kappa shape index (κ2) is 6.72. The van der Waals surface area contributed by atoms with Crippen LogP contribution in [-0.4, -0.2) is 32.5 Å². The highest BCUT2D eigenvalue weighted by molar-refractivity contribution is 9.10. The predicted octanol–water partition coefficient (Wildman–Crippen LogP) is 3.25. The first-order valence-electron chi connectivity index (χ1n) is 8.16. The number of carbonyl (C=O) groups is 1. The lowest BCUT2D eigenvalue weighted by molar-refractivity contribution is 0.0486. The fourth-order valence-electron chi connectivity index (χ4n) is 3.34. The smallest absolute Gasteiger partial charge is 0.254 e. The lowest BCUT2D eigenvalue weighted by Gasteiger charge is -2.38. The molecule has 1 fully saturated rings. The molecule has 1 aromatic carbocycles. The van der Waals surface area contributed by atoms with Gasteiger partial charge in [0.15, 0.2) is 16.2 Å². The van der Waals surface area contributed by atoms with Crippen molar-refractivity contribution >= 4 is 21.8 Å². The number of hydrogen-bond acceptors (Lipinski definition) is 5. The Hall–Kier alpha value is -1.99. The minimum atomic E-state index is -0.185. The van der Waals surface area contributed by atoms with E-state index in [9.17, 15) is 4.79 Å². The molecule has 0 unspecified atom stereocenters. The van der Waals surface area contributed by atoms with E-state index in [-0.39, 0.29) is 18.1 Å². The van der Waals surface area contributed by atoms with E-state index in [2.05, 4.69) is 27.3 Å². The molecule has 7 heteroatoms. The minimum Gasteiger partial charge on any atom is -0.457 e. The molecule has 25 heavy (non-hydrogen) atoms. The van der Waals surface area contributed by atoms with Gasteiger partial charge in [-0.15, -0.1) is 0 Å². The zero-order valence-corrected chi connectivity index (χ0v) is 15.1. The van der Waals surface area contributed by atoms with Crippen LogP contribution >= 0.6 is 15.9 Å². The molecule has 0 radical (unpaired) electrons. The molecule has 1 amide bonds. The van der Waals surface area contributed by atoms with E-state index < -0.39 is 0 Å². The molecule has 4 rings (SSSR count). The van der Waals surface area contributed by atoms with E-state index in [4.69, 9.17) is 18.6 Å². The summed E-state index contributed by atoms with van der Waals surface area (Å²) in [6, 6.07) is 7.67. The van der Waals surface area contributed by atoms with Crippen LogP contribution in [0.5, 0.6) is 11.5 Å². The van der Waals surface area contributed by atoms with Crippen molar-refractivity contribution in [3.8, 4) is 11.5 Å². The van der Waals surface area contributed by atoms with Crippen LogP contribution in [0.1, 0.15) is 28.8 Å². The molecular formula is C18H18BrNO5. The summed E-state index contributed by atoms with van der Waals surface area (Å²) >= 11 is 3.22. The maximum atomic E-state index is 12.4. The number of fused-ring (bicyclic) bond motifs is 1. The molecule has 0 spiro atoms. The van der Waals surface area contributed by atoms with Gasteiger partial charge >= 0.3 is 0 Å². The van der Waals surface area contributed by atoms with E-state index in [0.717, 1.165) is 29.9 Å². The number of hydrogen-bond donors (Lipinski definition) is 1. The number of halogens is 1. The maximum absolute atomic E-state index is 12.4. The topological polar surface area (TPSA) is 69.9 Å². The van der Waals surface area contributed by atoms with Crippen molar-refractivity contribution in [3.63, 3.8) is 0 Å². The van der Waals surface area contributed by atoms with Gasteiger partial charge in [-0.25, -0.2) is 0 Å². The van der Waals surface area contributed by atoms with Crippen LogP contribution in [0.3, 0.4) is 0 Å². The highest BCUT2D eigenvalue weighted by Crippen LogP contribution is 2.40. The molecule has 132 valence electrons. The Balaban J connectivity index is 1.56. The Morgan fingerprint density at radius 3 is 2.72 bits per heavy atom. The van der Waals surface area contributed by atoms with Crippen molar-refractivity contribution in [1.29, 1.82) is 0 Å². The molecule has 0 atom stereocenters. The summed E-state index contributed by atoms with van der Waals surface area (Å²) in [5.74, 6) is 1.37. The molecule has 0 aliphatic carbocycles. The summed E-state index contributed by atoms with van der Waals surface area (Å²) in [5, 5.41) is 3.04. The lowest BCUT2D eigenvalue weighted by atomic mass is 9.74. The fourth-order valence-corrected chi connectivity index (χ4v) is 3.68. The average Bonchev–Trinajstić information content (AvgIpc) is 3.28. The summed E-state index contributed by atoms with van der Waals surface area (Å²) < 4.78 is 22.1. The fraction of sp³-hybridized carbons (Fsp3) is 0.389. The Morgan fingerprint density at radius 1 is 1.16 bits per heavy atom. The van der Waals surface area contributed by atoms with Gasteiger partial charge in [-0.1, -0.05) is 6.07 Å². The number of nitrogens with one attached hydrogen (secondary N) is 1. The van der Waals surface area contributed by atoms with Gasteiger partial charge in [0.05, 0.1) is 5.56 Å². The van der Waals surface area contributed by atoms with Crippen LogP contribution in [0, 0.1) is 0 Å². The standard InChI is InChI=1S/C18H18BrNO5/c19-16-7-12(9-23-16)17(21)20-10-18(3-5-22-6-4-18)13-1-2-14-15(8-13)25-11-24-14/h1-2,7-9H,3-6,10-11H2,(H,20,21). The number of amides is 1. The van der Waals surface area contributed by atoms with Crippen molar-refractivity contribution in [1.82, 2.24) is 5.32 Å². The summed E-state index contributed by atoms with van der Waals surface area (Å²) in [7, 11) is 0. The van der Waals surface area contributed by atoms with Gasteiger partial charge in [-0.2, -0.15) is 0 Å². The highest BCUT2D eigenvalue weighted by Gasteiger charge is 2.36. The molecule has 6 nitrogen and oxygen atoms in total. The van der Waals surface area contributed by atoms with Gasteiger partial charge in [-0.3, -0.25) is 4.79 Å². The lowest BCUT2D eigenvalue weighted by Crippen LogP contribution is -2.44. The maximum Gasteiger partial charge on any atom is 0.254 e. The molecule has 0 bridgehead atoms. The zero-order valence-electron chi connectivity index (χ0n) is 13.5. The van der Waals surface area contributed by atoms with Crippen LogP contribution < -0.4 is 14.8 Å². The van der Waals surface area contributed by atoms with Crippen LogP contribution in [0.2, 0.25) is 0 Å². The molecule has 3 heterocycles. The number of carbonyl (C=O) groups excluding carboxylic acids is 1. The van der Waals surface area contributed by atoms with E-state index in [1.807, 2.05) is 12.1 Å². The van der Waals surface area contributed by atoms with E-state index >= 15 is 0 Å². The molecule has 2 aromatic rings. The minimum absolute atomic E-state index is 0.152. The van der Waals surface area contributed by atoms with Gasteiger partial charge in [-0.05, 0) is 46.5 Å². The van der Waals surface area contributed by atoms with Crippen molar-refractivity contribution in [3.05, 3.63) is 46.3 Å². The van der Waals surface area contributed by atoms with Crippen molar-refractivity contribution in [2.45, 2.75) is 18.3 Å². The molecule has 2 aliphatic heterocycles. The zero-order chi connectivity index (χ0) is 17.3.